The monoisotopic (exact) mass is 355 g/mol. The molecule has 0 fully saturated rings. The van der Waals surface area contributed by atoms with Crippen molar-refractivity contribution in [3.05, 3.63) is 29.8 Å². The zero-order valence-electron chi connectivity index (χ0n) is 13.5. The molecule has 0 aromatic heterocycles. The van der Waals surface area contributed by atoms with Crippen molar-refractivity contribution in [1.82, 2.24) is 9.62 Å². The summed E-state index contributed by atoms with van der Waals surface area (Å²) >= 11 is 0. The molecule has 0 bridgehead atoms. The summed E-state index contributed by atoms with van der Waals surface area (Å²) in [5.41, 5.74) is 6.52. The number of aliphatic imine (C=N–C) groups is 1. The summed E-state index contributed by atoms with van der Waals surface area (Å²) in [6.45, 7) is 0.740. The lowest BCUT2D eigenvalue weighted by molar-refractivity contribution is 0.114. The minimum absolute atomic E-state index is 0.0198. The quantitative estimate of drug-likeness (QED) is 0.581. The summed E-state index contributed by atoms with van der Waals surface area (Å²) in [7, 11) is 0.153. The smallest absolute Gasteiger partial charge is 0.345 e. The second kappa shape index (κ2) is 7.60. The third-order valence-electron chi connectivity index (χ3n) is 2.99. The number of nitrogens with one attached hydrogen (secondary N) is 1. The second-order valence-corrected chi connectivity index (χ2v) is 6.93. The lowest BCUT2D eigenvalue weighted by Crippen LogP contribution is -2.32. The highest BCUT2D eigenvalue weighted by Gasteiger charge is 2.23. The van der Waals surface area contributed by atoms with Gasteiger partial charge in [-0.05, 0) is 31.8 Å². The van der Waals surface area contributed by atoms with E-state index in [9.17, 15) is 13.5 Å². The third-order valence-corrected chi connectivity index (χ3v) is 3.87. The van der Waals surface area contributed by atoms with Crippen LogP contribution in [-0.4, -0.2) is 63.4 Å². The van der Waals surface area contributed by atoms with Gasteiger partial charge in [-0.15, -0.1) is 4.40 Å². The molecule has 0 saturated heterocycles. The van der Waals surface area contributed by atoms with Crippen LogP contribution in [-0.2, 0) is 16.8 Å². The molecule has 0 saturated carbocycles. The van der Waals surface area contributed by atoms with E-state index in [1.54, 1.807) is 6.07 Å². The van der Waals surface area contributed by atoms with Gasteiger partial charge in [-0.1, -0.05) is 12.1 Å². The van der Waals surface area contributed by atoms with Crippen LogP contribution in [0.25, 0.3) is 0 Å². The van der Waals surface area contributed by atoms with Gasteiger partial charge in [0.05, 0.1) is 6.54 Å². The number of amidine groups is 2. The van der Waals surface area contributed by atoms with Crippen molar-refractivity contribution in [3.63, 3.8) is 0 Å². The molecule has 4 N–H and O–H groups in total. The van der Waals surface area contributed by atoms with E-state index in [-0.39, 0.29) is 24.8 Å². The SMILES string of the molecule is CN(C)Cc1cccc(OCC(O)CN=C2NS(=O)(=O)N=C2N)c1. The molecule has 0 amide bonds. The van der Waals surface area contributed by atoms with Crippen LogP contribution < -0.4 is 15.2 Å². The molecular weight excluding hydrogens is 334 g/mol. The number of benzene rings is 1. The van der Waals surface area contributed by atoms with Crippen LogP contribution in [0.15, 0.2) is 33.7 Å². The second-order valence-electron chi connectivity index (χ2n) is 5.59. The molecule has 0 radical (unpaired) electrons. The normalized spacial score (nSPS) is 19.2. The predicted octanol–water partition coefficient (Wildman–Crippen LogP) is -0.908. The Morgan fingerprint density at radius 3 is 2.83 bits per heavy atom. The first-order valence-electron chi connectivity index (χ1n) is 7.23. The molecule has 1 aliphatic rings. The predicted molar refractivity (Wildman–Crippen MR) is 91.3 cm³/mol. The Bertz CT molecular complexity index is 745. The third kappa shape index (κ3) is 5.48. The fraction of sp³-hybridized carbons (Fsp3) is 0.429. The van der Waals surface area contributed by atoms with E-state index in [0.29, 0.717) is 5.75 Å². The molecule has 1 aromatic rings. The number of rotatable bonds is 7. The van der Waals surface area contributed by atoms with E-state index in [0.717, 1.165) is 12.1 Å². The Morgan fingerprint density at radius 2 is 2.21 bits per heavy atom. The van der Waals surface area contributed by atoms with Gasteiger partial charge in [0.1, 0.15) is 18.5 Å². The van der Waals surface area contributed by atoms with Crippen LogP contribution in [0.1, 0.15) is 5.56 Å². The maximum atomic E-state index is 11.2. The van der Waals surface area contributed by atoms with Crippen LogP contribution in [0.4, 0.5) is 0 Å². The van der Waals surface area contributed by atoms with E-state index in [1.807, 2.05) is 37.2 Å². The van der Waals surface area contributed by atoms with Gasteiger partial charge in [0.25, 0.3) is 0 Å². The first-order valence-corrected chi connectivity index (χ1v) is 8.67. The van der Waals surface area contributed by atoms with Crippen LogP contribution in [0, 0.1) is 0 Å². The molecule has 10 heteroatoms. The van der Waals surface area contributed by atoms with Crippen molar-refractivity contribution in [2.24, 2.45) is 15.1 Å². The molecule has 1 unspecified atom stereocenters. The fourth-order valence-electron chi connectivity index (χ4n) is 2.02. The van der Waals surface area contributed by atoms with Crippen molar-refractivity contribution >= 4 is 21.9 Å². The summed E-state index contributed by atoms with van der Waals surface area (Å²) in [5.74, 6) is 0.352. The van der Waals surface area contributed by atoms with Gasteiger partial charge in [-0.2, -0.15) is 8.42 Å². The molecule has 9 nitrogen and oxygen atoms in total. The number of nitrogens with two attached hydrogens (primary N) is 1. The Balaban J connectivity index is 1.86. The van der Waals surface area contributed by atoms with Crippen molar-refractivity contribution < 1.29 is 18.3 Å². The number of nitrogens with zero attached hydrogens (tertiary/aromatic N) is 3. The van der Waals surface area contributed by atoms with Gasteiger partial charge in [-0.3, -0.25) is 4.99 Å². The van der Waals surface area contributed by atoms with Gasteiger partial charge in [0.15, 0.2) is 11.7 Å². The zero-order valence-corrected chi connectivity index (χ0v) is 14.3. The van der Waals surface area contributed by atoms with Gasteiger partial charge >= 0.3 is 10.2 Å². The van der Waals surface area contributed by atoms with E-state index >= 15 is 0 Å². The number of hydrogen-bond donors (Lipinski definition) is 3. The number of ether oxygens (including phenoxy) is 1. The molecular formula is C14H21N5O4S. The van der Waals surface area contributed by atoms with E-state index < -0.39 is 16.3 Å². The molecule has 24 heavy (non-hydrogen) atoms. The van der Waals surface area contributed by atoms with Crippen molar-refractivity contribution in [3.8, 4) is 5.75 Å². The van der Waals surface area contributed by atoms with Crippen molar-refractivity contribution in [1.29, 1.82) is 0 Å². The Labute approximate surface area is 141 Å². The molecule has 0 spiro atoms. The lowest BCUT2D eigenvalue weighted by atomic mass is 10.2. The fourth-order valence-corrected chi connectivity index (χ4v) is 2.83. The highest BCUT2D eigenvalue weighted by Crippen LogP contribution is 2.14. The first-order chi connectivity index (χ1) is 11.2. The highest BCUT2D eigenvalue weighted by atomic mass is 32.2. The van der Waals surface area contributed by atoms with Crippen molar-refractivity contribution in [2.75, 3.05) is 27.2 Å². The molecule has 1 atom stereocenters. The van der Waals surface area contributed by atoms with Crippen LogP contribution in [0.2, 0.25) is 0 Å². The lowest BCUT2D eigenvalue weighted by Gasteiger charge is -2.13. The largest absolute Gasteiger partial charge is 0.491 e. The number of hydrogen-bond acceptors (Lipinski definition) is 7. The number of aliphatic hydroxyl groups is 1. The van der Waals surface area contributed by atoms with Gasteiger partial charge in [0.2, 0.25) is 0 Å². The molecule has 1 aliphatic heterocycles. The maximum absolute atomic E-state index is 11.2. The van der Waals surface area contributed by atoms with Gasteiger partial charge in [0, 0.05) is 6.54 Å². The summed E-state index contributed by atoms with van der Waals surface area (Å²) in [4.78, 5) is 5.94. The minimum atomic E-state index is -3.80. The van der Waals surface area contributed by atoms with E-state index in [4.69, 9.17) is 10.5 Å². The van der Waals surface area contributed by atoms with Crippen LogP contribution in [0.3, 0.4) is 0 Å². The van der Waals surface area contributed by atoms with Gasteiger partial charge < -0.3 is 20.5 Å². The topological polar surface area (TPSA) is 130 Å². The number of aliphatic hydroxyl groups excluding tert-OH is 1. The minimum Gasteiger partial charge on any atom is -0.491 e. The summed E-state index contributed by atoms with van der Waals surface area (Å²) in [6, 6.07) is 7.57. The summed E-state index contributed by atoms with van der Waals surface area (Å²) < 4.78 is 33.2. The molecule has 1 aromatic carbocycles. The molecule has 0 aliphatic carbocycles. The Kier molecular flexibility index (Phi) is 5.75. The summed E-state index contributed by atoms with van der Waals surface area (Å²) in [5, 5.41) is 9.90. The van der Waals surface area contributed by atoms with Crippen LogP contribution >= 0.6 is 0 Å². The molecule has 2 rings (SSSR count). The van der Waals surface area contributed by atoms with Crippen LogP contribution in [0.5, 0.6) is 5.75 Å². The average Bonchev–Trinajstić information content (AvgIpc) is 2.75. The average molecular weight is 355 g/mol. The Morgan fingerprint density at radius 1 is 1.46 bits per heavy atom. The van der Waals surface area contributed by atoms with E-state index in [1.165, 1.54) is 0 Å². The highest BCUT2D eigenvalue weighted by molar-refractivity contribution is 7.89. The van der Waals surface area contributed by atoms with Gasteiger partial charge in [-0.25, -0.2) is 4.72 Å². The standard InChI is InChI=1S/C14H21N5O4S/c1-19(2)8-10-4-3-5-12(6-10)23-9-11(20)7-16-14-13(15)17-24(21,22)18-14/h3-6,11,20H,7-9H2,1-2H3,(H2,15,17)(H,16,18). The molecule has 1 heterocycles. The summed E-state index contributed by atoms with van der Waals surface area (Å²) in [6.07, 6.45) is -0.909. The zero-order chi connectivity index (χ0) is 17.7. The van der Waals surface area contributed by atoms with E-state index in [2.05, 4.69) is 14.1 Å². The molecule has 132 valence electrons. The first kappa shape index (κ1) is 18.2. The Hall–Kier alpha value is -2.17. The maximum Gasteiger partial charge on any atom is 0.345 e. The van der Waals surface area contributed by atoms with Crippen molar-refractivity contribution in [2.45, 2.75) is 12.6 Å².